The highest BCUT2D eigenvalue weighted by molar-refractivity contribution is 7.15. The molecule has 0 spiro atoms. The predicted octanol–water partition coefficient (Wildman–Crippen LogP) is 6.79. The van der Waals surface area contributed by atoms with Gasteiger partial charge in [0.15, 0.2) is 0 Å². The Hall–Kier alpha value is -3.31. The molecule has 1 aliphatic heterocycles. The Bertz CT molecular complexity index is 1340. The van der Waals surface area contributed by atoms with Gasteiger partial charge >= 0.3 is 6.03 Å². The van der Waals surface area contributed by atoms with Gasteiger partial charge in [0.1, 0.15) is 5.00 Å². The molecule has 0 saturated heterocycles. The van der Waals surface area contributed by atoms with Crippen LogP contribution in [0.2, 0.25) is 0 Å². The summed E-state index contributed by atoms with van der Waals surface area (Å²) in [5.74, 6) is 0. The van der Waals surface area contributed by atoms with Gasteiger partial charge in [-0.05, 0) is 66.5 Å². The summed E-state index contributed by atoms with van der Waals surface area (Å²) >= 11 is 1.93. The van der Waals surface area contributed by atoms with Crippen molar-refractivity contribution < 1.29 is 4.79 Å². The first-order chi connectivity index (χ1) is 17.2. The molecule has 4 nitrogen and oxygen atoms in total. The van der Waals surface area contributed by atoms with Gasteiger partial charge in [-0.2, -0.15) is 0 Å². The van der Waals surface area contributed by atoms with Crippen molar-refractivity contribution >= 4 is 17.4 Å². The minimum atomic E-state index is -0.148. The number of carbonyl (C=O) groups is 1. The zero-order chi connectivity index (χ0) is 23.8. The number of nitrogens with one attached hydrogen (secondary N) is 1. The fourth-order valence-corrected chi connectivity index (χ4v) is 6.95. The molecular weight excluding hydrogens is 450 g/mol. The van der Waals surface area contributed by atoms with E-state index in [1.807, 2.05) is 29.5 Å². The molecule has 178 valence electrons. The molecule has 2 amide bonds. The van der Waals surface area contributed by atoms with Crippen LogP contribution in [-0.2, 0) is 32.4 Å². The number of amides is 2. The first-order valence-electron chi connectivity index (χ1n) is 12.7. The van der Waals surface area contributed by atoms with Crippen molar-refractivity contribution in [2.75, 3.05) is 0 Å². The Labute approximate surface area is 211 Å². The Morgan fingerprint density at radius 2 is 1.74 bits per heavy atom. The number of rotatable bonds is 4. The minimum absolute atomic E-state index is 0.0187. The van der Waals surface area contributed by atoms with E-state index in [1.54, 1.807) is 0 Å². The summed E-state index contributed by atoms with van der Waals surface area (Å²) in [6.45, 7) is 3.33. The maximum atomic E-state index is 13.9. The van der Waals surface area contributed by atoms with Gasteiger partial charge in [-0.25, -0.2) is 4.79 Å². The standard InChI is InChI=1S/C30H31N3OS/c1-2-21-14-16-23(17-15-21)28-26-12-8-18-32(26)29-25(24-11-6-7-13-27(24)35-29)20-33(28)30(34)31-19-22-9-4-3-5-10-22/h3-5,8-10,12,14-18,28H,2,6-7,11,13,19-20H2,1H3,(H,31,34)/t28-/m0/s1. The molecule has 5 heteroatoms. The summed E-state index contributed by atoms with van der Waals surface area (Å²) in [5, 5.41) is 4.52. The molecule has 2 aliphatic rings. The number of urea groups is 1. The number of thiophene rings is 1. The van der Waals surface area contributed by atoms with Gasteiger partial charge in [0, 0.05) is 23.2 Å². The van der Waals surface area contributed by atoms with Crippen LogP contribution in [-0.4, -0.2) is 15.5 Å². The van der Waals surface area contributed by atoms with Crippen LogP contribution in [0, 0.1) is 0 Å². The Morgan fingerprint density at radius 1 is 0.943 bits per heavy atom. The SMILES string of the molecule is CCc1ccc([C@H]2c3cccn3-c3sc4c(c3CN2C(=O)NCc2ccccc2)CCCC4)cc1. The summed E-state index contributed by atoms with van der Waals surface area (Å²) in [5.41, 5.74) is 7.55. The van der Waals surface area contributed by atoms with E-state index < -0.39 is 0 Å². The van der Waals surface area contributed by atoms with Gasteiger partial charge in [0.25, 0.3) is 0 Å². The quantitative estimate of drug-likeness (QED) is 0.342. The number of hydrogen-bond acceptors (Lipinski definition) is 2. The lowest BCUT2D eigenvalue weighted by Gasteiger charge is -2.31. The number of nitrogens with zero attached hydrogens (tertiary/aromatic N) is 2. The number of hydrogen-bond donors (Lipinski definition) is 1. The van der Waals surface area contributed by atoms with Gasteiger partial charge in [-0.15, -0.1) is 11.3 Å². The summed E-state index contributed by atoms with van der Waals surface area (Å²) in [7, 11) is 0. The average molecular weight is 482 g/mol. The smallest absolute Gasteiger partial charge is 0.318 e. The van der Waals surface area contributed by atoms with E-state index in [9.17, 15) is 4.79 Å². The largest absolute Gasteiger partial charge is 0.334 e. The number of aromatic nitrogens is 1. The molecule has 0 radical (unpaired) electrons. The van der Waals surface area contributed by atoms with Crippen molar-refractivity contribution in [3.63, 3.8) is 0 Å². The molecule has 0 saturated carbocycles. The third-order valence-corrected chi connectivity index (χ3v) is 8.76. The zero-order valence-electron chi connectivity index (χ0n) is 20.2. The van der Waals surface area contributed by atoms with Crippen molar-refractivity contribution in [1.82, 2.24) is 14.8 Å². The van der Waals surface area contributed by atoms with Crippen molar-refractivity contribution in [1.29, 1.82) is 0 Å². The molecule has 2 aromatic heterocycles. The lowest BCUT2D eigenvalue weighted by Crippen LogP contribution is -2.41. The first kappa shape index (κ1) is 22.2. The van der Waals surface area contributed by atoms with Gasteiger partial charge in [0.2, 0.25) is 0 Å². The second kappa shape index (κ2) is 9.38. The second-order valence-electron chi connectivity index (χ2n) is 9.57. The predicted molar refractivity (Wildman–Crippen MR) is 142 cm³/mol. The maximum absolute atomic E-state index is 13.9. The highest BCUT2D eigenvalue weighted by Gasteiger charge is 2.35. The lowest BCUT2D eigenvalue weighted by molar-refractivity contribution is 0.180. The number of benzene rings is 2. The molecule has 2 aromatic carbocycles. The number of aryl methyl sites for hydroxylation is 2. The van der Waals surface area contributed by atoms with Crippen LogP contribution in [0.3, 0.4) is 0 Å². The topological polar surface area (TPSA) is 37.3 Å². The molecule has 0 unspecified atom stereocenters. The first-order valence-corrected chi connectivity index (χ1v) is 13.5. The molecule has 35 heavy (non-hydrogen) atoms. The van der Waals surface area contributed by atoms with E-state index in [1.165, 1.54) is 39.4 Å². The summed E-state index contributed by atoms with van der Waals surface area (Å²) in [4.78, 5) is 17.4. The third-order valence-electron chi connectivity index (χ3n) is 7.43. The molecule has 3 heterocycles. The van der Waals surface area contributed by atoms with Crippen LogP contribution < -0.4 is 5.32 Å². The molecule has 1 N–H and O–H groups in total. The van der Waals surface area contributed by atoms with E-state index in [0.29, 0.717) is 13.1 Å². The van der Waals surface area contributed by atoms with Crippen molar-refractivity contribution in [2.45, 2.75) is 58.2 Å². The normalized spacial score (nSPS) is 16.7. The van der Waals surface area contributed by atoms with Crippen LogP contribution >= 0.6 is 11.3 Å². The maximum Gasteiger partial charge on any atom is 0.318 e. The molecule has 1 atom stereocenters. The van der Waals surface area contributed by atoms with E-state index in [-0.39, 0.29) is 12.1 Å². The average Bonchev–Trinajstić information content (AvgIpc) is 3.50. The Balaban J connectivity index is 1.44. The van der Waals surface area contributed by atoms with Crippen molar-refractivity contribution in [3.8, 4) is 5.00 Å². The second-order valence-corrected chi connectivity index (χ2v) is 10.7. The fraction of sp³-hybridized carbons (Fsp3) is 0.300. The van der Waals surface area contributed by atoms with Crippen LogP contribution in [0.4, 0.5) is 4.79 Å². The molecule has 0 bridgehead atoms. The van der Waals surface area contributed by atoms with Gasteiger partial charge < -0.3 is 14.8 Å². The monoisotopic (exact) mass is 481 g/mol. The molecule has 6 rings (SSSR count). The highest BCUT2D eigenvalue weighted by Crippen LogP contribution is 2.44. The number of carbonyl (C=O) groups excluding carboxylic acids is 1. The molecule has 0 fully saturated rings. The van der Waals surface area contributed by atoms with E-state index in [4.69, 9.17) is 0 Å². The van der Waals surface area contributed by atoms with E-state index >= 15 is 0 Å². The van der Waals surface area contributed by atoms with Crippen molar-refractivity contribution in [2.24, 2.45) is 0 Å². The van der Waals surface area contributed by atoms with Crippen LogP contribution in [0.15, 0.2) is 72.9 Å². The highest BCUT2D eigenvalue weighted by atomic mass is 32.1. The van der Waals surface area contributed by atoms with Gasteiger partial charge in [-0.3, -0.25) is 0 Å². The Kier molecular flexibility index (Phi) is 5.95. The van der Waals surface area contributed by atoms with Gasteiger partial charge in [-0.1, -0.05) is 61.5 Å². The van der Waals surface area contributed by atoms with Gasteiger partial charge in [0.05, 0.1) is 18.3 Å². The van der Waals surface area contributed by atoms with E-state index in [2.05, 4.69) is 76.4 Å². The summed E-state index contributed by atoms with van der Waals surface area (Å²) in [6, 6.07) is 23.1. The lowest BCUT2D eigenvalue weighted by atomic mass is 9.95. The van der Waals surface area contributed by atoms with Crippen molar-refractivity contribution in [3.05, 3.63) is 111 Å². The molecular formula is C30H31N3OS. The Morgan fingerprint density at radius 3 is 2.54 bits per heavy atom. The number of fused-ring (bicyclic) bond motifs is 5. The minimum Gasteiger partial charge on any atom is -0.334 e. The molecule has 4 aromatic rings. The summed E-state index contributed by atoms with van der Waals surface area (Å²) < 4.78 is 2.35. The van der Waals surface area contributed by atoms with Crippen LogP contribution in [0.1, 0.15) is 64.2 Å². The summed E-state index contributed by atoms with van der Waals surface area (Å²) in [6.07, 6.45) is 7.95. The molecule has 1 aliphatic carbocycles. The van der Waals surface area contributed by atoms with Crippen LogP contribution in [0.25, 0.3) is 5.00 Å². The third kappa shape index (κ3) is 4.08. The zero-order valence-corrected chi connectivity index (χ0v) is 21.0. The van der Waals surface area contributed by atoms with Crippen LogP contribution in [0.5, 0.6) is 0 Å². The fourth-order valence-electron chi connectivity index (χ4n) is 5.55. The van der Waals surface area contributed by atoms with E-state index in [0.717, 1.165) is 36.1 Å².